The van der Waals surface area contributed by atoms with Crippen LogP contribution < -0.4 is 10.6 Å². The Morgan fingerprint density at radius 3 is 2.79 bits per heavy atom. The summed E-state index contributed by atoms with van der Waals surface area (Å²) in [5, 5.41) is 7.12. The molecular formula is C23H23ClN2O2S. The first-order chi connectivity index (χ1) is 14.1. The lowest BCUT2D eigenvalue weighted by molar-refractivity contribution is -0.127. The van der Waals surface area contributed by atoms with Crippen molar-refractivity contribution in [2.75, 3.05) is 0 Å². The standard InChI is InChI=1S/C23H23ClN2O2S/c24-18-8-4-7-16(11-18)12-21-23(28)26-19-13-17(9-10-20(19)29-21)22(27)25-14-15-5-2-1-3-6-15/h1-8,11-12,17,19-20H,9-10,13-14H2,(H,25,27)(H,26,28)/b21-12+. The minimum atomic E-state index is -0.0680. The smallest absolute Gasteiger partial charge is 0.257 e. The maximum atomic E-state index is 12.6. The fourth-order valence-corrected chi connectivity index (χ4v) is 5.40. The van der Waals surface area contributed by atoms with Crippen molar-refractivity contribution in [2.24, 2.45) is 5.92 Å². The number of nitrogens with one attached hydrogen (secondary N) is 2. The highest BCUT2D eigenvalue weighted by atomic mass is 35.5. The van der Waals surface area contributed by atoms with Crippen LogP contribution in [0.25, 0.3) is 6.08 Å². The molecule has 2 amide bonds. The third-order valence-corrected chi connectivity index (χ3v) is 7.09. The molecule has 1 aliphatic heterocycles. The molecule has 4 nitrogen and oxygen atoms in total. The average Bonchev–Trinajstić information content (AvgIpc) is 2.73. The monoisotopic (exact) mass is 426 g/mol. The Morgan fingerprint density at radius 1 is 1.17 bits per heavy atom. The molecule has 3 unspecified atom stereocenters. The van der Waals surface area contributed by atoms with E-state index in [-0.39, 0.29) is 23.8 Å². The summed E-state index contributed by atoms with van der Waals surface area (Å²) in [6.07, 6.45) is 4.33. The molecule has 2 N–H and O–H groups in total. The number of rotatable bonds is 4. The van der Waals surface area contributed by atoms with Gasteiger partial charge >= 0.3 is 0 Å². The Balaban J connectivity index is 1.35. The third kappa shape index (κ3) is 5.03. The number of hydrogen-bond acceptors (Lipinski definition) is 3. The van der Waals surface area contributed by atoms with Gasteiger partial charge in [-0.1, -0.05) is 54.1 Å². The molecule has 2 fully saturated rings. The Kier molecular flexibility index (Phi) is 6.26. The summed E-state index contributed by atoms with van der Waals surface area (Å²) in [7, 11) is 0. The zero-order chi connectivity index (χ0) is 20.2. The van der Waals surface area contributed by atoms with E-state index in [9.17, 15) is 9.59 Å². The van der Waals surface area contributed by atoms with Gasteiger partial charge in [-0.2, -0.15) is 0 Å². The lowest BCUT2D eigenvalue weighted by Gasteiger charge is -2.39. The van der Waals surface area contributed by atoms with Gasteiger partial charge in [-0.15, -0.1) is 11.8 Å². The van der Waals surface area contributed by atoms with Gasteiger partial charge in [-0.25, -0.2) is 0 Å². The fraction of sp³-hybridized carbons (Fsp3) is 0.304. The molecule has 1 saturated carbocycles. The van der Waals surface area contributed by atoms with Gasteiger partial charge < -0.3 is 10.6 Å². The molecular weight excluding hydrogens is 404 g/mol. The van der Waals surface area contributed by atoms with Crippen molar-refractivity contribution in [2.45, 2.75) is 37.1 Å². The predicted molar refractivity (Wildman–Crippen MR) is 118 cm³/mol. The van der Waals surface area contributed by atoms with E-state index >= 15 is 0 Å². The van der Waals surface area contributed by atoms with Crippen LogP contribution in [-0.2, 0) is 16.1 Å². The van der Waals surface area contributed by atoms with Crippen molar-refractivity contribution in [1.29, 1.82) is 0 Å². The Morgan fingerprint density at radius 2 is 2.00 bits per heavy atom. The van der Waals surface area contributed by atoms with Crippen molar-refractivity contribution in [3.8, 4) is 0 Å². The van der Waals surface area contributed by atoms with E-state index < -0.39 is 0 Å². The zero-order valence-corrected chi connectivity index (χ0v) is 17.5. The van der Waals surface area contributed by atoms with Crippen LogP contribution in [0.2, 0.25) is 5.02 Å². The summed E-state index contributed by atoms with van der Waals surface area (Å²) in [6.45, 7) is 0.540. The molecule has 0 radical (unpaired) electrons. The van der Waals surface area contributed by atoms with E-state index in [1.807, 2.05) is 60.7 Å². The maximum Gasteiger partial charge on any atom is 0.257 e. The molecule has 0 bridgehead atoms. The topological polar surface area (TPSA) is 58.2 Å². The van der Waals surface area contributed by atoms with Crippen LogP contribution in [0.1, 0.15) is 30.4 Å². The molecule has 2 aromatic carbocycles. The minimum Gasteiger partial charge on any atom is -0.352 e. The third-order valence-electron chi connectivity index (χ3n) is 5.43. The van der Waals surface area contributed by atoms with Gasteiger partial charge in [0.15, 0.2) is 0 Å². The highest BCUT2D eigenvalue weighted by Gasteiger charge is 2.39. The summed E-state index contributed by atoms with van der Waals surface area (Å²) in [5.74, 6) is -0.0484. The van der Waals surface area contributed by atoms with Crippen molar-refractivity contribution in [1.82, 2.24) is 10.6 Å². The first-order valence-electron chi connectivity index (χ1n) is 9.85. The minimum absolute atomic E-state index is 0.0326. The van der Waals surface area contributed by atoms with Gasteiger partial charge in [0, 0.05) is 28.8 Å². The number of halogens is 1. The molecule has 0 spiro atoms. The lowest BCUT2D eigenvalue weighted by Crippen LogP contribution is -2.51. The van der Waals surface area contributed by atoms with Gasteiger partial charge in [-0.3, -0.25) is 9.59 Å². The summed E-state index contributed by atoms with van der Waals surface area (Å²) in [4.78, 5) is 25.9. The number of hydrogen-bond donors (Lipinski definition) is 2. The summed E-state index contributed by atoms with van der Waals surface area (Å²) in [6, 6.07) is 17.4. The second-order valence-corrected chi connectivity index (χ2v) is 9.23. The molecule has 3 atom stereocenters. The predicted octanol–water partition coefficient (Wildman–Crippen LogP) is 4.40. The molecule has 29 heavy (non-hydrogen) atoms. The number of fused-ring (bicyclic) bond motifs is 1. The zero-order valence-electron chi connectivity index (χ0n) is 15.9. The summed E-state index contributed by atoms with van der Waals surface area (Å²) in [5.41, 5.74) is 2.01. The summed E-state index contributed by atoms with van der Waals surface area (Å²) >= 11 is 7.67. The molecule has 1 aliphatic carbocycles. The highest BCUT2D eigenvalue weighted by Crippen LogP contribution is 2.40. The SMILES string of the molecule is O=C1NC2CC(C(=O)NCc3ccccc3)CCC2S/C1=C/c1cccc(Cl)c1. The first kappa shape index (κ1) is 20.0. The number of thioether (sulfide) groups is 1. The van der Waals surface area contributed by atoms with E-state index in [0.29, 0.717) is 28.1 Å². The molecule has 1 saturated heterocycles. The van der Waals surface area contributed by atoms with Gasteiger partial charge in [0.2, 0.25) is 5.91 Å². The quantitative estimate of drug-likeness (QED) is 0.712. The van der Waals surface area contributed by atoms with E-state index in [1.54, 1.807) is 11.8 Å². The van der Waals surface area contributed by atoms with E-state index in [1.165, 1.54) is 0 Å². The number of carbonyl (C=O) groups excluding carboxylic acids is 2. The molecule has 0 aromatic heterocycles. The molecule has 4 rings (SSSR count). The van der Waals surface area contributed by atoms with Crippen LogP contribution >= 0.6 is 23.4 Å². The number of benzene rings is 2. The van der Waals surface area contributed by atoms with Gasteiger partial charge in [-0.05, 0) is 48.6 Å². The molecule has 1 heterocycles. The largest absolute Gasteiger partial charge is 0.352 e. The highest BCUT2D eigenvalue weighted by molar-refractivity contribution is 8.04. The molecule has 6 heteroatoms. The molecule has 150 valence electrons. The van der Waals surface area contributed by atoms with Crippen LogP contribution in [0, 0.1) is 5.92 Å². The van der Waals surface area contributed by atoms with Crippen LogP contribution in [-0.4, -0.2) is 23.1 Å². The molecule has 2 aromatic rings. The van der Waals surface area contributed by atoms with Crippen molar-refractivity contribution < 1.29 is 9.59 Å². The Hall–Kier alpha value is -2.24. The molecule has 2 aliphatic rings. The normalized spacial score (nSPS) is 25.2. The van der Waals surface area contributed by atoms with Crippen molar-refractivity contribution >= 4 is 41.3 Å². The van der Waals surface area contributed by atoms with E-state index in [2.05, 4.69) is 10.6 Å². The van der Waals surface area contributed by atoms with Crippen LogP contribution in [0.15, 0.2) is 59.5 Å². The van der Waals surface area contributed by atoms with Gasteiger partial charge in [0.25, 0.3) is 5.91 Å². The fourth-order valence-electron chi connectivity index (χ4n) is 3.91. The van der Waals surface area contributed by atoms with Crippen LogP contribution in [0.4, 0.5) is 0 Å². The van der Waals surface area contributed by atoms with Gasteiger partial charge in [0.1, 0.15) is 0 Å². The maximum absolute atomic E-state index is 12.6. The second-order valence-electron chi connectivity index (χ2n) is 7.51. The second kappa shape index (κ2) is 9.06. The first-order valence-corrected chi connectivity index (χ1v) is 11.1. The number of carbonyl (C=O) groups is 2. The lowest BCUT2D eigenvalue weighted by atomic mass is 9.84. The van der Waals surface area contributed by atoms with Gasteiger partial charge in [0.05, 0.1) is 4.91 Å². The van der Waals surface area contributed by atoms with Crippen LogP contribution in [0.5, 0.6) is 0 Å². The Bertz CT molecular complexity index is 931. The van der Waals surface area contributed by atoms with E-state index in [4.69, 9.17) is 11.6 Å². The van der Waals surface area contributed by atoms with Crippen LogP contribution in [0.3, 0.4) is 0 Å². The van der Waals surface area contributed by atoms with E-state index in [0.717, 1.165) is 24.0 Å². The summed E-state index contributed by atoms with van der Waals surface area (Å²) < 4.78 is 0. The van der Waals surface area contributed by atoms with Crippen molar-refractivity contribution in [3.05, 3.63) is 75.7 Å². The average molecular weight is 427 g/mol. The Labute approximate surface area is 180 Å². The number of amides is 2. The van der Waals surface area contributed by atoms with Crippen molar-refractivity contribution in [3.63, 3.8) is 0 Å².